The molecule has 8 aromatic rings. The Hall–Kier alpha value is -6.64. The number of rotatable bonds is 8. The van der Waals surface area contributed by atoms with Gasteiger partial charge in [-0.3, -0.25) is 0 Å². The van der Waals surface area contributed by atoms with Crippen LogP contribution in [0.3, 0.4) is 0 Å². The van der Waals surface area contributed by atoms with Crippen LogP contribution in [0.4, 0.5) is 22.7 Å². The van der Waals surface area contributed by atoms with Crippen LogP contribution >= 0.6 is 0 Å². The number of benzene rings is 8. The molecule has 0 aromatic heterocycles. The maximum absolute atomic E-state index is 2.58. The first kappa shape index (κ1) is 33.0. The highest BCUT2D eigenvalue weighted by molar-refractivity contribution is 5.85. The van der Waals surface area contributed by atoms with Gasteiger partial charge in [-0.1, -0.05) is 194 Å². The Kier molecular flexibility index (Phi) is 8.18. The summed E-state index contributed by atoms with van der Waals surface area (Å²) in [6.45, 7) is 1.74. The minimum Gasteiger partial charge on any atom is -0.341 e. The van der Waals surface area contributed by atoms with Crippen molar-refractivity contribution in [3.05, 3.63) is 263 Å². The lowest BCUT2D eigenvalue weighted by Crippen LogP contribution is -2.41. The topological polar surface area (TPSA) is 6.48 Å². The van der Waals surface area contributed by atoms with E-state index in [2.05, 4.69) is 228 Å². The monoisotopic (exact) mass is 706 g/mol. The van der Waals surface area contributed by atoms with Crippen molar-refractivity contribution in [2.45, 2.75) is 17.3 Å². The summed E-state index contributed by atoms with van der Waals surface area (Å²) in [5, 5.41) is 0. The molecule has 0 N–H and O–H groups in total. The van der Waals surface area contributed by atoms with Crippen LogP contribution in [0.25, 0.3) is 0 Å². The number of anilines is 4. The number of fused-ring (bicyclic) bond motifs is 4. The second-order valence-electron chi connectivity index (χ2n) is 14.7. The molecule has 0 fully saturated rings. The molecule has 10 rings (SSSR count). The molecule has 0 amide bonds. The molecule has 0 saturated heterocycles. The predicted molar refractivity (Wildman–Crippen MR) is 228 cm³/mol. The highest BCUT2D eigenvalue weighted by Gasteiger charge is 2.47. The molecular formula is C53H42N2. The van der Waals surface area contributed by atoms with E-state index in [4.69, 9.17) is 0 Å². The van der Waals surface area contributed by atoms with Gasteiger partial charge in [0.15, 0.2) is 0 Å². The molecule has 264 valence electrons. The van der Waals surface area contributed by atoms with Gasteiger partial charge in [0.05, 0.1) is 10.8 Å². The van der Waals surface area contributed by atoms with Crippen LogP contribution in [0.1, 0.15) is 50.9 Å². The molecule has 2 aliphatic rings. The molecule has 8 aromatic carbocycles. The molecule has 0 atom stereocenters. The van der Waals surface area contributed by atoms with Gasteiger partial charge in [0, 0.05) is 35.8 Å². The van der Waals surface area contributed by atoms with Gasteiger partial charge in [-0.25, -0.2) is 0 Å². The molecule has 55 heavy (non-hydrogen) atoms. The third-order valence-corrected chi connectivity index (χ3v) is 12.0. The third-order valence-electron chi connectivity index (χ3n) is 12.0. The summed E-state index contributed by atoms with van der Waals surface area (Å²) in [4.78, 5) is 5.16. The van der Waals surface area contributed by atoms with Crippen LogP contribution in [0.5, 0.6) is 0 Å². The van der Waals surface area contributed by atoms with E-state index < -0.39 is 10.8 Å². The highest BCUT2D eigenvalue weighted by Crippen LogP contribution is 2.57. The standard InChI is InChI=1S/C53H42N2/c1-5-22-40(23-6-1)52(41-24-7-2-8-25-41)44-30-13-17-34-48(44)54(49-35-18-14-31-45(49)52)38-21-39-55-50-36-19-15-32-46(50)53(42-26-9-3-10-27-42,43-28-11-4-12-29-43)47-33-16-20-37-51(47)55/h1-20,22-37H,21,38-39H2. The average molecular weight is 707 g/mol. The zero-order chi connectivity index (χ0) is 36.7. The first-order valence-electron chi connectivity index (χ1n) is 19.5. The fourth-order valence-corrected chi connectivity index (χ4v) is 9.85. The summed E-state index contributed by atoms with van der Waals surface area (Å²) in [7, 11) is 0. The number of hydrogen-bond donors (Lipinski definition) is 0. The third kappa shape index (κ3) is 5.02. The molecule has 0 bridgehead atoms. The van der Waals surface area contributed by atoms with E-state index in [0.717, 1.165) is 19.5 Å². The Morgan fingerprint density at radius 2 is 0.473 bits per heavy atom. The fourth-order valence-electron chi connectivity index (χ4n) is 9.85. The van der Waals surface area contributed by atoms with E-state index in [0.29, 0.717) is 0 Å². The Labute approximate surface area is 324 Å². The molecular weight excluding hydrogens is 665 g/mol. The van der Waals surface area contributed by atoms with Crippen molar-refractivity contribution in [1.82, 2.24) is 0 Å². The van der Waals surface area contributed by atoms with Crippen LogP contribution in [0.2, 0.25) is 0 Å². The van der Waals surface area contributed by atoms with Gasteiger partial charge in [0.25, 0.3) is 0 Å². The lowest BCUT2D eigenvalue weighted by molar-refractivity contribution is 0.690. The molecule has 2 heterocycles. The molecule has 0 aliphatic carbocycles. The molecule has 0 saturated carbocycles. The first-order valence-corrected chi connectivity index (χ1v) is 19.5. The van der Waals surface area contributed by atoms with E-state index in [-0.39, 0.29) is 0 Å². The van der Waals surface area contributed by atoms with Gasteiger partial charge in [0.2, 0.25) is 0 Å². The van der Waals surface area contributed by atoms with Crippen molar-refractivity contribution in [3.63, 3.8) is 0 Å². The average Bonchev–Trinajstić information content (AvgIpc) is 3.27. The normalized spacial score (nSPS) is 14.6. The van der Waals surface area contributed by atoms with Crippen molar-refractivity contribution in [2.75, 3.05) is 22.9 Å². The fraction of sp³-hybridized carbons (Fsp3) is 0.0943. The molecule has 2 nitrogen and oxygen atoms in total. The van der Waals surface area contributed by atoms with Gasteiger partial charge in [0.1, 0.15) is 0 Å². The lowest BCUT2D eigenvalue weighted by Gasteiger charge is -2.47. The Morgan fingerprint density at radius 1 is 0.255 bits per heavy atom. The van der Waals surface area contributed by atoms with Crippen LogP contribution in [-0.2, 0) is 10.8 Å². The lowest BCUT2D eigenvalue weighted by atomic mass is 9.62. The Balaban J connectivity index is 1.07. The van der Waals surface area contributed by atoms with Crippen molar-refractivity contribution >= 4 is 22.7 Å². The van der Waals surface area contributed by atoms with Crippen molar-refractivity contribution in [2.24, 2.45) is 0 Å². The van der Waals surface area contributed by atoms with Crippen LogP contribution in [0, 0.1) is 0 Å². The molecule has 0 radical (unpaired) electrons. The van der Waals surface area contributed by atoms with E-state index in [1.54, 1.807) is 0 Å². The predicted octanol–water partition coefficient (Wildman–Crippen LogP) is 12.4. The minimum absolute atomic E-state index is 0.449. The second kappa shape index (κ2) is 13.6. The zero-order valence-electron chi connectivity index (χ0n) is 30.8. The maximum Gasteiger partial charge on any atom is 0.0742 e. The molecule has 2 aliphatic heterocycles. The highest BCUT2D eigenvalue weighted by atomic mass is 15.2. The Bertz CT molecular complexity index is 2220. The Morgan fingerprint density at radius 3 is 0.727 bits per heavy atom. The number of nitrogens with zero attached hydrogens (tertiary/aromatic N) is 2. The second-order valence-corrected chi connectivity index (χ2v) is 14.7. The SMILES string of the molecule is c1ccc(C2(c3ccccc3)c3ccccc3N(CCCN3c4ccccc4C(c4ccccc4)(c4ccccc4)c4ccccc43)c3ccccc32)cc1. The van der Waals surface area contributed by atoms with Crippen LogP contribution in [0.15, 0.2) is 218 Å². The van der Waals surface area contributed by atoms with Gasteiger partial charge in [-0.05, 0) is 75.2 Å². The van der Waals surface area contributed by atoms with E-state index in [1.165, 1.54) is 67.3 Å². The maximum atomic E-state index is 2.58. The minimum atomic E-state index is -0.449. The first-order chi connectivity index (χ1) is 27.3. The van der Waals surface area contributed by atoms with Gasteiger partial charge < -0.3 is 9.80 Å². The number of para-hydroxylation sites is 4. The van der Waals surface area contributed by atoms with Gasteiger partial charge in [-0.15, -0.1) is 0 Å². The van der Waals surface area contributed by atoms with Crippen molar-refractivity contribution < 1.29 is 0 Å². The van der Waals surface area contributed by atoms with Gasteiger partial charge >= 0.3 is 0 Å². The smallest absolute Gasteiger partial charge is 0.0742 e. The van der Waals surface area contributed by atoms with E-state index >= 15 is 0 Å². The largest absolute Gasteiger partial charge is 0.341 e. The van der Waals surface area contributed by atoms with E-state index in [1.807, 2.05) is 0 Å². The quantitative estimate of drug-likeness (QED) is 0.155. The van der Waals surface area contributed by atoms with Crippen molar-refractivity contribution in [3.8, 4) is 0 Å². The molecule has 2 heteroatoms. The number of hydrogen-bond acceptors (Lipinski definition) is 2. The van der Waals surface area contributed by atoms with Crippen LogP contribution < -0.4 is 9.80 Å². The summed E-state index contributed by atoms with van der Waals surface area (Å²) in [5.74, 6) is 0. The van der Waals surface area contributed by atoms with E-state index in [9.17, 15) is 0 Å². The summed E-state index contributed by atoms with van der Waals surface area (Å²) in [5.41, 5.74) is 14.5. The van der Waals surface area contributed by atoms with Crippen LogP contribution in [-0.4, -0.2) is 13.1 Å². The summed E-state index contributed by atoms with van der Waals surface area (Å²) in [6.07, 6.45) is 0.957. The molecule has 0 spiro atoms. The van der Waals surface area contributed by atoms with Gasteiger partial charge in [-0.2, -0.15) is 0 Å². The van der Waals surface area contributed by atoms with Crippen molar-refractivity contribution in [1.29, 1.82) is 0 Å². The molecule has 0 unspecified atom stereocenters. The summed E-state index contributed by atoms with van der Waals surface area (Å²) in [6, 6.07) is 80.6. The summed E-state index contributed by atoms with van der Waals surface area (Å²) < 4.78 is 0. The summed E-state index contributed by atoms with van der Waals surface area (Å²) >= 11 is 0. The zero-order valence-corrected chi connectivity index (χ0v) is 30.8.